The molecule has 0 aliphatic carbocycles. The number of rotatable bonds is 6. The van der Waals surface area contributed by atoms with Crippen molar-refractivity contribution in [2.75, 3.05) is 20.3 Å². The molecule has 1 rings (SSSR count). The van der Waals surface area contributed by atoms with Gasteiger partial charge in [0.25, 0.3) is 0 Å². The Morgan fingerprint density at radius 3 is 2.52 bits per heavy atom. The molecule has 0 fully saturated rings. The van der Waals surface area contributed by atoms with E-state index in [1.54, 1.807) is 14.0 Å². The first-order valence-electron chi connectivity index (χ1n) is 7.03. The minimum Gasteiger partial charge on any atom is -0.497 e. The van der Waals surface area contributed by atoms with Gasteiger partial charge in [-0.05, 0) is 30.5 Å². The van der Waals surface area contributed by atoms with E-state index in [-0.39, 0.29) is 12.0 Å². The first-order valence-corrected chi connectivity index (χ1v) is 7.03. The van der Waals surface area contributed by atoms with Crippen molar-refractivity contribution in [1.29, 1.82) is 0 Å². The summed E-state index contributed by atoms with van der Waals surface area (Å²) in [6, 6.07) is 4.79. The predicted molar refractivity (Wildman–Crippen MR) is 81.8 cm³/mol. The van der Waals surface area contributed by atoms with E-state index in [0.29, 0.717) is 12.4 Å². The van der Waals surface area contributed by atoms with Crippen molar-refractivity contribution in [2.45, 2.75) is 39.2 Å². The van der Waals surface area contributed by atoms with Gasteiger partial charge >= 0.3 is 5.97 Å². The first-order chi connectivity index (χ1) is 9.79. The monoisotopic (exact) mass is 295 g/mol. The van der Waals surface area contributed by atoms with Crippen molar-refractivity contribution >= 4 is 5.97 Å². The number of carbonyl (C=O) groups excluding carboxylic acids is 1. The summed E-state index contributed by atoms with van der Waals surface area (Å²) < 4.78 is 15.8. The maximum Gasteiger partial charge on any atom is 0.326 e. The van der Waals surface area contributed by atoms with Crippen LogP contribution in [0.3, 0.4) is 0 Å². The quantitative estimate of drug-likeness (QED) is 0.815. The number of hydrogen-bond acceptors (Lipinski definition) is 5. The van der Waals surface area contributed by atoms with E-state index in [2.05, 4.69) is 20.8 Å². The fourth-order valence-corrected chi connectivity index (χ4v) is 1.84. The van der Waals surface area contributed by atoms with Crippen LogP contribution in [0, 0.1) is 0 Å². The SMILES string of the molecule is CCOC(=O)C(N)COc1ccc(OC)cc1C(C)(C)C. The molecule has 0 heterocycles. The first kappa shape index (κ1) is 17.3. The van der Waals surface area contributed by atoms with Gasteiger partial charge in [0.1, 0.15) is 24.1 Å². The van der Waals surface area contributed by atoms with Crippen LogP contribution >= 0.6 is 0 Å². The van der Waals surface area contributed by atoms with E-state index < -0.39 is 12.0 Å². The molecule has 21 heavy (non-hydrogen) atoms. The Kier molecular flexibility index (Phi) is 6.03. The molecular formula is C16H25NO4. The molecule has 0 spiro atoms. The summed E-state index contributed by atoms with van der Waals surface area (Å²) in [5, 5.41) is 0. The van der Waals surface area contributed by atoms with Gasteiger partial charge in [0.05, 0.1) is 13.7 Å². The molecule has 5 heteroatoms. The van der Waals surface area contributed by atoms with Gasteiger partial charge in [0.15, 0.2) is 0 Å². The van der Waals surface area contributed by atoms with E-state index in [9.17, 15) is 4.79 Å². The molecule has 0 saturated heterocycles. The number of ether oxygens (including phenoxy) is 3. The molecular weight excluding hydrogens is 270 g/mol. The van der Waals surface area contributed by atoms with Crippen molar-refractivity contribution in [3.05, 3.63) is 23.8 Å². The molecule has 118 valence electrons. The maximum absolute atomic E-state index is 11.5. The van der Waals surface area contributed by atoms with Gasteiger partial charge in [-0.3, -0.25) is 4.79 Å². The molecule has 0 aliphatic heterocycles. The third-order valence-electron chi connectivity index (χ3n) is 3.00. The minimum atomic E-state index is -0.792. The van der Waals surface area contributed by atoms with Gasteiger partial charge in [-0.15, -0.1) is 0 Å². The predicted octanol–water partition coefficient (Wildman–Crippen LogP) is 2.26. The van der Waals surface area contributed by atoms with Crippen LogP contribution in [0.25, 0.3) is 0 Å². The Morgan fingerprint density at radius 2 is 2.00 bits per heavy atom. The van der Waals surface area contributed by atoms with E-state index in [1.165, 1.54) is 0 Å². The number of benzene rings is 1. The summed E-state index contributed by atoms with van der Waals surface area (Å²) in [4.78, 5) is 11.5. The fraction of sp³-hybridized carbons (Fsp3) is 0.562. The molecule has 5 nitrogen and oxygen atoms in total. The van der Waals surface area contributed by atoms with E-state index in [4.69, 9.17) is 19.9 Å². The second-order valence-electron chi connectivity index (χ2n) is 5.78. The highest BCUT2D eigenvalue weighted by Crippen LogP contribution is 2.34. The average Bonchev–Trinajstić information content (AvgIpc) is 2.43. The van der Waals surface area contributed by atoms with Crippen molar-refractivity contribution in [1.82, 2.24) is 0 Å². The van der Waals surface area contributed by atoms with Gasteiger partial charge < -0.3 is 19.9 Å². The number of esters is 1. The molecule has 1 unspecified atom stereocenters. The summed E-state index contributed by atoms with van der Waals surface area (Å²) in [7, 11) is 1.62. The Morgan fingerprint density at radius 1 is 1.33 bits per heavy atom. The van der Waals surface area contributed by atoms with Gasteiger partial charge in [0, 0.05) is 5.56 Å². The maximum atomic E-state index is 11.5. The van der Waals surface area contributed by atoms with Gasteiger partial charge in [0.2, 0.25) is 0 Å². The lowest BCUT2D eigenvalue weighted by Crippen LogP contribution is -2.38. The van der Waals surface area contributed by atoms with Gasteiger partial charge in [-0.25, -0.2) is 0 Å². The summed E-state index contributed by atoms with van der Waals surface area (Å²) in [6.45, 7) is 8.38. The third kappa shape index (κ3) is 4.93. The molecule has 2 N–H and O–H groups in total. The molecule has 0 radical (unpaired) electrons. The normalized spacial score (nSPS) is 12.7. The number of carbonyl (C=O) groups is 1. The molecule has 0 amide bonds. The van der Waals surface area contributed by atoms with Crippen LogP contribution in [0.4, 0.5) is 0 Å². The van der Waals surface area contributed by atoms with E-state index in [0.717, 1.165) is 11.3 Å². The highest BCUT2D eigenvalue weighted by molar-refractivity contribution is 5.75. The van der Waals surface area contributed by atoms with Crippen LogP contribution in [0.15, 0.2) is 18.2 Å². The Bertz CT molecular complexity index is 480. The minimum absolute atomic E-state index is 0.0776. The van der Waals surface area contributed by atoms with Crippen molar-refractivity contribution < 1.29 is 19.0 Å². The zero-order chi connectivity index (χ0) is 16.0. The molecule has 1 aromatic rings. The summed E-state index contributed by atoms with van der Waals surface area (Å²) in [5.74, 6) is 1.01. The fourth-order valence-electron chi connectivity index (χ4n) is 1.84. The highest BCUT2D eigenvalue weighted by atomic mass is 16.5. The van der Waals surface area contributed by atoms with Gasteiger partial charge in [-0.1, -0.05) is 20.8 Å². The summed E-state index contributed by atoms with van der Waals surface area (Å²) >= 11 is 0. The zero-order valence-corrected chi connectivity index (χ0v) is 13.4. The number of nitrogens with two attached hydrogens (primary N) is 1. The van der Waals surface area contributed by atoms with Crippen LogP contribution in [-0.2, 0) is 14.9 Å². The van der Waals surface area contributed by atoms with Crippen molar-refractivity contribution in [3.8, 4) is 11.5 Å². The van der Waals surface area contributed by atoms with Crippen molar-refractivity contribution in [2.24, 2.45) is 5.73 Å². The zero-order valence-electron chi connectivity index (χ0n) is 13.4. The van der Waals surface area contributed by atoms with Crippen LogP contribution in [0.1, 0.15) is 33.3 Å². The van der Waals surface area contributed by atoms with Crippen LogP contribution in [0.2, 0.25) is 0 Å². The largest absolute Gasteiger partial charge is 0.497 e. The lowest BCUT2D eigenvalue weighted by Gasteiger charge is -2.24. The van der Waals surface area contributed by atoms with E-state index in [1.807, 2.05) is 18.2 Å². The topological polar surface area (TPSA) is 70.8 Å². The lowest BCUT2D eigenvalue weighted by molar-refractivity contribution is -0.145. The molecule has 0 aliphatic rings. The third-order valence-corrected chi connectivity index (χ3v) is 3.00. The smallest absolute Gasteiger partial charge is 0.326 e. The Hall–Kier alpha value is -1.75. The second kappa shape index (κ2) is 7.31. The summed E-state index contributed by atoms with van der Waals surface area (Å²) in [6.07, 6.45) is 0. The molecule has 1 aromatic carbocycles. The van der Waals surface area contributed by atoms with Crippen LogP contribution in [-0.4, -0.2) is 32.3 Å². The standard InChI is InChI=1S/C16H25NO4/c1-6-20-15(18)13(17)10-21-14-8-7-11(19-5)9-12(14)16(2,3)4/h7-9,13H,6,10,17H2,1-5H3. The lowest BCUT2D eigenvalue weighted by atomic mass is 9.86. The Labute approximate surface area is 126 Å². The van der Waals surface area contributed by atoms with Crippen LogP contribution < -0.4 is 15.2 Å². The molecule has 0 bridgehead atoms. The second-order valence-corrected chi connectivity index (χ2v) is 5.78. The molecule has 0 aromatic heterocycles. The number of hydrogen-bond donors (Lipinski definition) is 1. The van der Waals surface area contributed by atoms with E-state index >= 15 is 0 Å². The highest BCUT2D eigenvalue weighted by Gasteiger charge is 2.22. The Balaban J connectivity index is 2.86. The van der Waals surface area contributed by atoms with Crippen LogP contribution in [0.5, 0.6) is 11.5 Å². The molecule has 0 saturated carbocycles. The van der Waals surface area contributed by atoms with Gasteiger partial charge in [-0.2, -0.15) is 0 Å². The summed E-state index contributed by atoms with van der Waals surface area (Å²) in [5.41, 5.74) is 6.63. The molecule has 1 atom stereocenters. The number of methoxy groups -OCH3 is 1. The average molecular weight is 295 g/mol. The van der Waals surface area contributed by atoms with Crippen molar-refractivity contribution in [3.63, 3.8) is 0 Å².